The molecule has 5 heterocycles. The molecule has 0 radical (unpaired) electrons. The van der Waals surface area contributed by atoms with Crippen molar-refractivity contribution in [2.24, 2.45) is 0 Å². The number of hydrogen-bond acceptors (Lipinski definition) is 6. The molecular formula is C28H27FN6O3. The fourth-order valence-electron chi connectivity index (χ4n) is 5.42. The quantitative estimate of drug-likeness (QED) is 0.409. The summed E-state index contributed by atoms with van der Waals surface area (Å²) < 4.78 is 23.5. The van der Waals surface area contributed by atoms with E-state index in [4.69, 9.17) is 9.84 Å². The number of pyridine rings is 2. The molecule has 3 aromatic heterocycles. The third kappa shape index (κ3) is 4.10. The van der Waals surface area contributed by atoms with Gasteiger partial charge in [-0.1, -0.05) is 18.2 Å². The normalized spacial score (nSPS) is 15.9. The van der Waals surface area contributed by atoms with Gasteiger partial charge in [-0.15, -0.1) is 0 Å². The number of fused-ring (bicyclic) bond motifs is 2. The molecule has 0 aliphatic carbocycles. The van der Waals surface area contributed by atoms with Crippen molar-refractivity contribution in [1.29, 1.82) is 0 Å². The van der Waals surface area contributed by atoms with Crippen LogP contribution in [-0.4, -0.2) is 63.8 Å². The van der Waals surface area contributed by atoms with Crippen LogP contribution in [0.2, 0.25) is 0 Å². The maximum absolute atomic E-state index is 15.9. The van der Waals surface area contributed by atoms with Gasteiger partial charge in [-0.3, -0.25) is 24.2 Å². The zero-order valence-corrected chi connectivity index (χ0v) is 21.0. The van der Waals surface area contributed by atoms with Crippen molar-refractivity contribution in [3.8, 4) is 22.5 Å². The molecule has 38 heavy (non-hydrogen) atoms. The number of rotatable bonds is 5. The molecular weight excluding hydrogens is 487 g/mol. The molecule has 2 amide bonds. The highest BCUT2D eigenvalue weighted by atomic mass is 19.1. The van der Waals surface area contributed by atoms with Crippen LogP contribution < -0.4 is 5.32 Å². The molecule has 1 N–H and O–H groups in total. The lowest BCUT2D eigenvalue weighted by molar-refractivity contribution is -0.118. The number of halogens is 1. The van der Waals surface area contributed by atoms with Gasteiger partial charge < -0.3 is 15.0 Å². The van der Waals surface area contributed by atoms with Crippen molar-refractivity contribution in [2.75, 3.05) is 26.8 Å². The summed E-state index contributed by atoms with van der Waals surface area (Å²) in [5, 5.41) is 8.65. The van der Waals surface area contributed by atoms with Crippen LogP contribution >= 0.6 is 0 Å². The van der Waals surface area contributed by atoms with Gasteiger partial charge in [0.05, 0.1) is 11.7 Å². The maximum atomic E-state index is 15.9. The van der Waals surface area contributed by atoms with Crippen molar-refractivity contribution in [3.63, 3.8) is 0 Å². The number of carbonyl (C=O) groups excluding carboxylic acids is 2. The summed E-state index contributed by atoms with van der Waals surface area (Å²) >= 11 is 0. The van der Waals surface area contributed by atoms with E-state index in [2.05, 4.69) is 20.0 Å². The van der Waals surface area contributed by atoms with E-state index < -0.39 is 5.82 Å². The summed E-state index contributed by atoms with van der Waals surface area (Å²) in [6.07, 6.45) is 6.47. The minimum Gasteiger partial charge on any atom is -0.381 e. The van der Waals surface area contributed by atoms with Crippen LogP contribution in [0, 0.1) is 5.82 Å². The van der Waals surface area contributed by atoms with E-state index in [1.54, 1.807) is 29.3 Å². The van der Waals surface area contributed by atoms with Crippen molar-refractivity contribution in [1.82, 2.24) is 30.0 Å². The first kappa shape index (κ1) is 24.2. The lowest BCUT2D eigenvalue weighted by Gasteiger charge is -2.28. The molecule has 2 aliphatic heterocycles. The van der Waals surface area contributed by atoms with Crippen molar-refractivity contribution < 1.29 is 18.7 Å². The molecule has 0 spiro atoms. The van der Waals surface area contributed by atoms with Gasteiger partial charge in [0, 0.05) is 85.3 Å². The molecule has 1 saturated heterocycles. The Bertz CT molecular complexity index is 1530. The summed E-state index contributed by atoms with van der Waals surface area (Å²) in [7, 11) is 1.53. The number of hydrogen-bond donors (Lipinski definition) is 1. The number of carbonyl (C=O) groups is 2. The molecule has 4 aromatic rings. The van der Waals surface area contributed by atoms with Gasteiger partial charge in [0.2, 0.25) is 6.41 Å². The first-order valence-corrected chi connectivity index (χ1v) is 12.7. The Morgan fingerprint density at radius 1 is 1.11 bits per heavy atom. The summed E-state index contributed by atoms with van der Waals surface area (Å²) in [6.45, 7) is 2.50. The van der Waals surface area contributed by atoms with Crippen LogP contribution in [-0.2, 0) is 22.5 Å². The van der Waals surface area contributed by atoms with Crippen LogP contribution in [0.1, 0.15) is 40.6 Å². The summed E-state index contributed by atoms with van der Waals surface area (Å²) in [4.78, 5) is 33.8. The standard InChI is InChI=1S/C28H27FN6O3/c1-30-28(37)23-6-5-17(13-31-23)26-25(29)19-3-2-4-20(21(19)14-32-26)27-22-15-34(16-36)10-7-24(22)35(33-27)18-8-11-38-12-9-18/h2-6,13-14,16,18H,7-12,15H2,1H3,(H,30,37). The Morgan fingerprint density at radius 3 is 2.68 bits per heavy atom. The molecule has 194 valence electrons. The lowest BCUT2D eigenvalue weighted by atomic mass is 9.96. The predicted molar refractivity (Wildman–Crippen MR) is 139 cm³/mol. The fourth-order valence-corrected chi connectivity index (χ4v) is 5.42. The summed E-state index contributed by atoms with van der Waals surface area (Å²) in [5.41, 5.74) is 4.56. The average Bonchev–Trinajstić information content (AvgIpc) is 3.36. The third-order valence-corrected chi connectivity index (χ3v) is 7.43. The predicted octanol–water partition coefficient (Wildman–Crippen LogP) is 3.53. The molecule has 2 aliphatic rings. The second-order valence-corrected chi connectivity index (χ2v) is 9.59. The second kappa shape index (κ2) is 9.94. The van der Waals surface area contributed by atoms with Crippen LogP contribution in [0.3, 0.4) is 0 Å². The third-order valence-electron chi connectivity index (χ3n) is 7.43. The molecule has 0 atom stereocenters. The first-order chi connectivity index (χ1) is 18.6. The van der Waals surface area contributed by atoms with Crippen molar-refractivity contribution in [2.45, 2.75) is 31.8 Å². The molecule has 1 aromatic carbocycles. The van der Waals surface area contributed by atoms with Gasteiger partial charge in [0.25, 0.3) is 5.91 Å². The van der Waals surface area contributed by atoms with E-state index in [0.29, 0.717) is 42.6 Å². The minimum atomic E-state index is -0.467. The summed E-state index contributed by atoms with van der Waals surface area (Å²) in [6, 6.07) is 8.89. The Morgan fingerprint density at radius 2 is 1.95 bits per heavy atom. The molecule has 0 saturated carbocycles. The van der Waals surface area contributed by atoms with Gasteiger partial charge in [-0.2, -0.15) is 5.10 Å². The average molecular weight is 515 g/mol. The fraction of sp³-hybridized carbons (Fsp3) is 0.321. The molecule has 10 heteroatoms. The zero-order chi connectivity index (χ0) is 26.2. The Balaban J connectivity index is 1.46. The van der Waals surface area contributed by atoms with Crippen LogP contribution in [0.25, 0.3) is 33.3 Å². The first-order valence-electron chi connectivity index (χ1n) is 12.7. The van der Waals surface area contributed by atoms with E-state index in [9.17, 15) is 9.59 Å². The van der Waals surface area contributed by atoms with Gasteiger partial charge in [0.1, 0.15) is 11.4 Å². The van der Waals surface area contributed by atoms with Crippen LogP contribution in [0.4, 0.5) is 4.39 Å². The van der Waals surface area contributed by atoms with E-state index in [0.717, 1.165) is 48.2 Å². The largest absolute Gasteiger partial charge is 0.381 e. The highest BCUT2D eigenvalue weighted by Gasteiger charge is 2.30. The second-order valence-electron chi connectivity index (χ2n) is 9.59. The summed E-state index contributed by atoms with van der Waals surface area (Å²) in [5.74, 6) is -0.782. The topological polar surface area (TPSA) is 102 Å². The highest BCUT2D eigenvalue weighted by Crippen LogP contribution is 2.38. The van der Waals surface area contributed by atoms with E-state index in [1.807, 2.05) is 12.1 Å². The van der Waals surface area contributed by atoms with Crippen molar-refractivity contribution in [3.05, 3.63) is 65.5 Å². The van der Waals surface area contributed by atoms with E-state index >= 15 is 4.39 Å². The van der Waals surface area contributed by atoms with Gasteiger partial charge in [-0.25, -0.2) is 4.39 Å². The van der Waals surface area contributed by atoms with Gasteiger partial charge in [-0.05, 0) is 25.0 Å². The Labute approximate surface area is 218 Å². The monoisotopic (exact) mass is 514 g/mol. The van der Waals surface area contributed by atoms with Crippen molar-refractivity contribution >= 4 is 23.1 Å². The molecule has 0 unspecified atom stereocenters. The lowest BCUT2D eigenvalue weighted by Crippen LogP contribution is -2.31. The molecule has 6 rings (SSSR count). The number of nitrogens with one attached hydrogen (secondary N) is 1. The van der Waals surface area contributed by atoms with Gasteiger partial charge >= 0.3 is 0 Å². The van der Waals surface area contributed by atoms with Crippen LogP contribution in [0.15, 0.2) is 42.7 Å². The Kier molecular flexibility index (Phi) is 6.32. The van der Waals surface area contributed by atoms with E-state index in [-0.39, 0.29) is 23.3 Å². The minimum absolute atomic E-state index is 0.160. The molecule has 1 fully saturated rings. The van der Waals surface area contributed by atoms with Crippen LogP contribution in [0.5, 0.6) is 0 Å². The smallest absolute Gasteiger partial charge is 0.269 e. The molecule has 0 bridgehead atoms. The number of amides is 2. The van der Waals surface area contributed by atoms with Gasteiger partial charge in [0.15, 0.2) is 5.82 Å². The number of nitrogens with zero attached hydrogens (tertiary/aromatic N) is 5. The SMILES string of the molecule is CNC(=O)c1ccc(-c2ncc3c(-c4nn(C5CCOCC5)c5c4CN(C=O)CC5)cccc3c2F)cn1. The maximum Gasteiger partial charge on any atom is 0.269 e. The molecule has 9 nitrogen and oxygen atoms in total. The Hall–Kier alpha value is -4.18. The number of benzene rings is 1. The highest BCUT2D eigenvalue weighted by molar-refractivity contribution is 5.98. The number of aromatic nitrogens is 4. The zero-order valence-electron chi connectivity index (χ0n) is 21.0. The van der Waals surface area contributed by atoms with E-state index in [1.165, 1.54) is 13.2 Å². The number of ether oxygens (including phenoxy) is 1.